The minimum absolute atomic E-state index is 0. The molecule has 1 saturated carbocycles. The van der Waals surface area contributed by atoms with Crippen molar-refractivity contribution < 1.29 is 13.9 Å². The smallest absolute Gasteiger partial charge is 0.226 e. The second-order valence-electron chi connectivity index (χ2n) is 5.87. The number of benzene rings is 1. The van der Waals surface area contributed by atoms with Gasteiger partial charge in [0.1, 0.15) is 11.6 Å². The summed E-state index contributed by atoms with van der Waals surface area (Å²) in [7, 11) is 0. The van der Waals surface area contributed by atoms with Gasteiger partial charge in [0.15, 0.2) is 0 Å². The molecule has 1 aliphatic carbocycles. The first-order valence-electron chi connectivity index (χ1n) is 7.74. The van der Waals surface area contributed by atoms with Crippen molar-refractivity contribution >= 4 is 35.8 Å². The molecule has 1 aromatic rings. The molecule has 1 saturated heterocycles. The average Bonchev–Trinajstić information content (AvgIpc) is 3.33. The third-order valence-corrected chi connectivity index (χ3v) is 4.95. The van der Waals surface area contributed by atoms with Crippen molar-refractivity contribution in [3.8, 4) is 5.75 Å². The fraction of sp³-hybridized carbons (Fsp3) is 0.562. The Kier molecular flexibility index (Phi) is 6.99. The van der Waals surface area contributed by atoms with Crippen LogP contribution in [-0.4, -0.2) is 36.6 Å². The first-order chi connectivity index (χ1) is 10.7. The molecule has 1 heterocycles. The predicted molar refractivity (Wildman–Crippen MR) is 94.2 cm³/mol. The maximum atomic E-state index is 13.4. The zero-order chi connectivity index (χ0) is 15.4. The molecular formula is C16H22ClFN2O2S. The van der Waals surface area contributed by atoms with E-state index in [-0.39, 0.29) is 30.2 Å². The summed E-state index contributed by atoms with van der Waals surface area (Å²) in [4.78, 5) is 12.2. The SMILES string of the molecule is Cl.O=C(CC1CSCCN1)Nc1ccc(F)cc1OCC1CC1. The van der Waals surface area contributed by atoms with Gasteiger partial charge in [-0.3, -0.25) is 4.79 Å². The lowest BCUT2D eigenvalue weighted by molar-refractivity contribution is -0.116. The third-order valence-electron chi connectivity index (χ3n) is 3.82. The molecule has 4 nitrogen and oxygen atoms in total. The third kappa shape index (κ3) is 5.86. The van der Waals surface area contributed by atoms with Gasteiger partial charge in [0, 0.05) is 36.6 Å². The van der Waals surface area contributed by atoms with Crippen LogP contribution in [0.2, 0.25) is 0 Å². The molecule has 0 bridgehead atoms. The summed E-state index contributed by atoms with van der Waals surface area (Å²) in [6.07, 6.45) is 2.76. The molecule has 1 atom stereocenters. The molecule has 0 spiro atoms. The summed E-state index contributed by atoms with van der Waals surface area (Å²) in [5.41, 5.74) is 0.551. The summed E-state index contributed by atoms with van der Waals surface area (Å²) in [5.74, 6) is 2.62. The van der Waals surface area contributed by atoms with Crippen LogP contribution in [0.3, 0.4) is 0 Å². The number of carbonyl (C=O) groups excluding carboxylic acids is 1. The Morgan fingerprint density at radius 3 is 2.96 bits per heavy atom. The van der Waals surface area contributed by atoms with E-state index in [9.17, 15) is 9.18 Å². The Morgan fingerprint density at radius 2 is 2.26 bits per heavy atom. The largest absolute Gasteiger partial charge is 0.491 e. The Balaban J connectivity index is 0.00000192. The zero-order valence-electron chi connectivity index (χ0n) is 12.8. The molecule has 7 heteroatoms. The highest BCUT2D eigenvalue weighted by molar-refractivity contribution is 7.99. The summed E-state index contributed by atoms with van der Waals surface area (Å²) >= 11 is 1.86. The molecule has 2 N–H and O–H groups in total. The standard InChI is InChI=1S/C16H21FN2O2S.ClH/c17-12-3-4-14(15(7-12)21-9-11-1-2-11)19-16(20)8-13-10-22-6-5-18-13;/h3-4,7,11,13,18H,1-2,5-6,8-10H2,(H,19,20);1H. The molecule has 0 aromatic heterocycles. The van der Waals surface area contributed by atoms with Crippen molar-refractivity contribution in [1.82, 2.24) is 5.32 Å². The van der Waals surface area contributed by atoms with E-state index in [1.165, 1.54) is 25.0 Å². The molecule has 3 rings (SSSR count). The van der Waals surface area contributed by atoms with Gasteiger partial charge in [0.2, 0.25) is 5.91 Å². The molecule has 2 fully saturated rings. The van der Waals surface area contributed by atoms with Crippen LogP contribution < -0.4 is 15.4 Å². The molecular weight excluding hydrogens is 339 g/mol. The van der Waals surface area contributed by atoms with Crippen molar-refractivity contribution in [3.63, 3.8) is 0 Å². The van der Waals surface area contributed by atoms with E-state index < -0.39 is 0 Å². The van der Waals surface area contributed by atoms with Crippen LogP contribution in [0.5, 0.6) is 5.75 Å². The summed E-state index contributed by atoms with van der Waals surface area (Å²) in [6.45, 7) is 1.53. The molecule has 2 aliphatic rings. The topological polar surface area (TPSA) is 50.4 Å². The van der Waals surface area contributed by atoms with Crippen LogP contribution in [0.15, 0.2) is 18.2 Å². The van der Waals surface area contributed by atoms with Gasteiger partial charge in [-0.2, -0.15) is 11.8 Å². The van der Waals surface area contributed by atoms with Gasteiger partial charge in [0.25, 0.3) is 0 Å². The van der Waals surface area contributed by atoms with E-state index in [2.05, 4.69) is 10.6 Å². The van der Waals surface area contributed by atoms with Crippen LogP contribution in [-0.2, 0) is 4.79 Å². The Hall–Kier alpha value is -0.980. The van der Waals surface area contributed by atoms with Gasteiger partial charge in [-0.15, -0.1) is 12.4 Å². The predicted octanol–water partition coefficient (Wildman–Crippen LogP) is 3.07. The summed E-state index contributed by atoms with van der Waals surface area (Å²) in [5, 5.41) is 6.18. The highest BCUT2D eigenvalue weighted by atomic mass is 35.5. The lowest BCUT2D eigenvalue weighted by Gasteiger charge is -2.22. The molecule has 23 heavy (non-hydrogen) atoms. The average molecular weight is 361 g/mol. The second-order valence-corrected chi connectivity index (χ2v) is 7.02. The van der Waals surface area contributed by atoms with E-state index >= 15 is 0 Å². The highest BCUT2D eigenvalue weighted by Crippen LogP contribution is 2.32. The molecule has 1 aromatic carbocycles. The van der Waals surface area contributed by atoms with E-state index in [1.807, 2.05) is 11.8 Å². The normalized spacial score (nSPS) is 20.5. The minimum Gasteiger partial charge on any atom is -0.491 e. The number of anilines is 1. The summed E-state index contributed by atoms with van der Waals surface area (Å²) in [6, 6.07) is 4.45. The molecule has 128 valence electrons. The molecule has 1 aliphatic heterocycles. The van der Waals surface area contributed by atoms with E-state index in [0.29, 0.717) is 30.4 Å². The Morgan fingerprint density at radius 1 is 1.43 bits per heavy atom. The zero-order valence-corrected chi connectivity index (χ0v) is 14.5. The number of halogens is 2. The van der Waals surface area contributed by atoms with E-state index in [0.717, 1.165) is 18.1 Å². The molecule has 1 unspecified atom stereocenters. The van der Waals surface area contributed by atoms with Crippen molar-refractivity contribution in [1.29, 1.82) is 0 Å². The van der Waals surface area contributed by atoms with Crippen molar-refractivity contribution in [3.05, 3.63) is 24.0 Å². The van der Waals surface area contributed by atoms with Crippen LogP contribution in [0.4, 0.5) is 10.1 Å². The number of amides is 1. The van der Waals surface area contributed by atoms with Crippen LogP contribution >= 0.6 is 24.2 Å². The number of hydrogen-bond acceptors (Lipinski definition) is 4. The quantitative estimate of drug-likeness (QED) is 0.818. The van der Waals surface area contributed by atoms with E-state index in [1.54, 1.807) is 6.07 Å². The van der Waals surface area contributed by atoms with E-state index in [4.69, 9.17) is 4.74 Å². The van der Waals surface area contributed by atoms with Gasteiger partial charge < -0.3 is 15.4 Å². The minimum atomic E-state index is -0.353. The van der Waals surface area contributed by atoms with Crippen LogP contribution in [0, 0.1) is 11.7 Å². The number of carbonyl (C=O) groups is 1. The molecule has 0 radical (unpaired) electrons. The summed E-state index contributed by atoms with van der Waals surface area (Å²) < 4.78 is 19.1. The van der Waals surface area contributed by atoms with Gasteiger partial charge in [-0.25, -0.2) is 4.39 Å². The van der Waals surface area contributed by atoms with Gasteiger partial charge in [-0.05, 0) is 30.9 Å². The Bertz CT molecular complexity index is 537. The maximum Gasteiger partial charge on any atom is 0.226 e. The fourth-order valence-corrected chi connectivity index (χ4v) is 3.34. The lowest BCUT2D eigenvalue weighted by atomic mass is 10.2. The molecule has 1 amide bonds. The van der Waals surface area contributed by atoms with Gasteiger partial charge >= 0.3 is 0 Å². The lowest BCUT2D eigenvalue weighted by Crippen LogP contribution is -2.39. The first-order valence-corrected chi connectivity index (χ1v) is 8.89. The number of rotatable bonds is 6. The maximum absolute atomic E-state index is 13.4. The van der Waals surface area contributed by atoms with Crippen LogP contribution in [0.1, 0.15) is 19.3 Å². The number of ether oxygens (including phenoxy) is 1. The van der Waals surface area contributed by atoms with Crippen LogP contribution in [0.25, 0.3) is 0 Å². The fourth-order valence-electron chi connectivity index (χ4n) is 2.39. The number of thioether (sulfide) groups is 1. The Labute approximate surface area is 146 Å². The first kappa shape index (κ1) is 18.4. The van der Waals surface area contributed by atoms with Crippen molar-refractivity contribution in [2.24, 2.45) is 5.92 Å². The van der Waals surface area contributed by atoms with Crippen molar-refractivity contribution in [2.45, 2.75) is 25.3 Å². The number of hydrogen-bond donors (Lipinski definition) is 2. The van der Waals surface area contributed by atoms with Gasteiger partial charge in [-0.1, -0.05) is 0 Å². The van der Waals surface area contributed by atoms with Crippen molar-refractivity contribution in [2.75, 3.05) is 30.0 Å². The second kappa shape index (κ2) is 8.76. The monoisotopic (exact) mass is 360 g/mol. The van der Waals surface area contributed by atoms with Gasteiger partial charge in [0.05, 0.1) is 12.3 Å². The number of nitrogens with one attached hydrogen (secondary N) is 2. The highest BCUT2D eigenvalue weighted by Gasteiger charge is 2.23.